The number of aromatic carboxylic acids is 1. The Bertz CT molecular complexity index is 484. The molecule has 1 heterocycles. The molecule has 1 aromatic heterocycles. The third-order valence-electron chi connectivity index (χ3n) is 2.80. The Morgan fingerprint density at radius 1 is 1.45 bits per heavy atom. The fourth-order valence-corrected chi connectivity index (χ4v) is 2.62. The van der Waals surface area contributed by atoms with Crippen LogP contribution < -0.4 is 10.1 Å². The number of nitrogens with one attached hydrogen (secondary N) is 1. The summed E-state index contributed by atoms with van der Waals surface area (Å²) < 4.78 is 5.49. The number of ether oxygens (including phenoxy) is 1. The molecule has 1 rings (SSSR count). The second kappa shape index (κ2) is 7.28. The zero-order valence-corrected chi connectivity index (χ0v) is 13.0. The second-order valence-electron chi connectivity index (χ2n) is 4.81. The average molecular weight is 299 g/mol. The van der Waals surface area contributed by atoms with Crippen LogP contribution in [0.25, 0.3) is 0 Å². The predicted octanol–water partition coefficient (Wildman–Crippen LogP) is 2.83. The van der Waals surface area contributed by atoms with Crippen molar-refractivity contribution in [1.29, 1.82) is 0 Å². The predicted molar refractivity (Wildman–Crippen MR) is 78.6 cm³/mol. The van der Waals surface area contributed by atoms with Gasteiger partial charge in [-0.15, -0.1) is 11.3 Å². The van der Waals surface area contributed by atoms with E-state index in [9.17, 15) is 9.59 Å². The molecule has 1 aromatic rings. The Morgan fingerprint density at radius 3 is 2.65 bits per heavy atom. The Kier molecular flexibility index (Phi) is 6.01. The van der Waals surface area contributed by atoms with Crippen molar-refractivity contribution in [1.82, 2.24) is 5.32 Å². The minimum Gasteiger partial charge on any atom is -0.479 e. The largest absolute Gasteiger partial charge is 0.479 e. The molecule has 20 heavy (non-hydrogen) atoms. The zero-order valence-electron chi connectivity index (χ0n) is 12.2. The topological polar surface area (TPSA) is 75.6 Å². The van der Waals surface area contributed by atoms with Crippen molar-refractivity contribution in [3.05, 3.63) is 15.8 Å². The zero-order chi connectivity index (χ0) is 15.3. The van der Waals surface area contributed by atoms with E-state index >= 15 is 0 Å². The van der Waals surface area contributed by atoms with Crippen molar-refractivity contribution < 1.29 is 19.4 Å². The lowest BCUT2D eigenvalue weighted by Crippen LogP contribution is -2.41. The molecule has 0 bridgehead atoms. The van der Waals surface area contributed by atoms with Gasteiger partial charge < -0.3 is 15.2 Å². The van der Waals surface area contributed by atoms with Crippen molar-refractivity contribution in [2.24, 2.45) is 0 Å². The summed E-state index contributed by atoms with van der Waals surface area (Å²) in [6, 6.07) is 1.73. The van der Waals surface area contributed by atoms with Crippen LogP contribution in [0.5, 0.6) is 5.75 Å². The highest BCUT2D eigenvalue weighted by Gasteiger charge is 2.21. The van der Waals surface area contributed by atoms with Crippen LogP contribution in [0.4, 0.5) is 0 Å². The molecule has 2 N–H and O–H groups in total. The lowest BCUT2D eigenvalue weighted by molar-refractivity contribution is -0.127. The molecule has 5 nitrogen and oxygen atoms in total. The van der Waals surface area contributed by atoms with Crippen LogP contribution in [0, 0.1) is 6.92 Å². The molecule has 0 aliphatic heterocycles. The van der Waals surface area contributed by atoms with Gasteiger partial charge in [0, 0.05) is 10.9 Å². The molecule has 0 aliphatic rings. The molecule has 0 saturated carbocycles. The quantitative estimate of drug-likeness (QED) is 0.811. The molecular formula is C14H21NO4S. The standard InChI is InChI=1S/C14H21NO4S/c1-5-6-8(2)15-13(16)10(4)19-11-7-9(3)20-12(11)14(17)18/h7-8,10H,5-6H2,1-4H3,(H,15,16)(H,17,18). The van der Waals surface area contributed by atoms with E-state index in [0.29, 0.717) is 0 Å². The van der Waals surface area contributed by atoms with Gasteiger partial charge in [0.15, 0.2) is 11.0 Å². The van der Waals surface area contributed by atoms with Gasteiger partial charge in [-0.3, -0.25) is 4.79 Å². The molecule has 6 heteroatoms. The second-order valence-corrected chi connectivity index (χ2v) is 6.07. The highest BCUT2D eigenvalue weighted by atomic mass is 32.1. The summed E-state index contributed by atoms with van der Waals surface area (Å²) in [5.41, 5.74) is 0. The molecule has 0 radical (unpaired) electrons. The van der Waals surface area contributed by atoms with E-state index in [0.717, 1.165) is 29.1 Å². The molecule has 0 saturated heterocycles. The molecule has 0 fully saturated rings. The lowest BCUT2D eigenvalue weighted by atomic mass is 10.2. The lowest BCUT2D eigenvalue weighted by Gasteiger charge is -2.18. The Morgan fingerprint density at radius 2 is 2.10 bits per heavy atom. The minimum atomic E-state index is -1.04. The molecule has 1 amide bonds. The first kappa shape index (κ1) is 16.5. The van der Waals surface area contributed by atoms with E-state index in [1.165, 1.54) is 0 Å². The van der Waals surface area contributed by atoms with E-state index in [1.807, 2.05) is 6.92 Å². The van der Waals surface area contributed by atoms with Gasteiger partial charge in [0.1, 0.15) is 5.75 Å². The summed E-state index contributed by atoms with van der Waals surface area (Å²) in [6.07, 6.45) is 1.17. The van der Waals surface area contributed by atoms with Crippen LogP contribution in [0.1, 0.15) is 48.2 Å². The van der Waals surface area contributed by atoms with Crippen molar-refractivity contribution >= 4 is 23.2 Å². The summed E-state index contributed by atoms with van der Waals surface area (Å²) in [6.45, 7) is 7.41. The number of amides is 1. The fraction of sp³-hybridized carbons (Fsp3) is 0.571. The maximum Gasteiger partial charge on any atom is 0.349 e. The Hall–Kier alpha value is -1.56. The molecule has 0 aromatic carbocycles. The summed E-state index contributed by atoms with van der Waals surface area (Å²) in [4.78, 5) is 24.0. The SMILES string of the molecule is CCCC(C)NC(=O)C(C)Oc1cc(C)sc1C(=O)O. The number of carbonyl (C=O) groups is 2. The third kappa shape index (κ3) is 4.52. The summed E-state index contributed by atoms with van der Waals surface area (Å²) in [7, 11) is 0. The van der Waals surface area contributed by atoms with Gasteiger partial charge in [0.2, 0.25) is 0 Å². The van der Waals surface area contributed by atoms with Crippen LogP contribution in [0.15, 0.2) is 6.07 Å². The van der Waals surface area contributed by atoms with Gasteiger partial charge >= 0.3 is 5.97 Å². The fourth-order valence-electron chi connectivity index (χ4n) is 1.84. The van der Waals surface area contributed by atoms with Gasteiger partial charge in [-0.1, -0.05) is 13.3 Å². The first-order chi connectivity index (χ1) is 9.35. The van der Waals surface area contributed by atoms with E-state index < -0.39 is 12.1 Å². The van der Waals surface area contributed by atoms with Gasteiger partial charge in [0.25, 0.3) is 5.91 Å². The number of rotatable bonds is 7. The first-order valence-electron chi connectivity index (χ1n) is 6.65. The van der Waals surface area contributed by atoms with Gasteiger partial charge in [-0.25, -0.2) is 4.79 Å². The van der Waals surface area contributed by atoms with Gasteiger partial charge in [-0.05, 0) is 33.3 Å². The molecule has 2 unspecified atom stereocenters. The highest BCUT2D eigenvalue weighted by Crippen LogP contribution is 2.29. The van der Waals surface area contributed by atoms with E-state index in [-0.39, 0.29) is 22.6 Å². The molecule has 0 aliphatic carbocycles. The Balaban J connectivity index is 2.68. The van der Waals surface area contributed by atoms with E-state index in [2.05, 4.69) is 12.2 Å². The number of carbonyl (C=O) groups excluding carboxylic acids is 1. The van der Waals surface area contributed by atoms with Crippen LogP contribution in [0.3, 0.4) is 0 Å². The average Bonchev–Trinajstić information content (AvgIpc) is 2.70. The highest BCUT2D eigenvalue weighted by molar-refractivity contribution is 7.14. The first-order valence-corrected chi connectivity index (χ1v) is 7.47. The summed E-state index contributed by atoms with van der Waals surface area (Å²) >= 11 is 1.14. The monoisotopic (exact) mass is 299 g/mol. The van der Waals surface area contributed by atoms with Crippen LogP contribution in [0.2, 0.25) is 0 Å². The van der Waals surface area contributed by atoms with Crippen LogP contribution >= 0.6 is 11.3 Å². The number of hydrogen-bond donors (Lipinski definition) is 2. The van der Waals surface area contributed by atoms with Crippen LogP contribution in [-0.4, -0.2) is 29.1 Å². The third-order valence-corrected chi connectivity index (χ3v) is 3.82. The van der Waals surface area contributed by atoms with Crippen molar-refractivity contribution in [2.45, 2.75) is 52.7 Å². The molecule has 2 atom stereocenters. The van der Waals surface area contributed by atoms with Crippen molar-refractivity contribution in [3.8, 4) is 5.75 Å². The minimum absolute atomic E-state index is 0.0849. The molecular weight excluding hydrogens is 278 g/mol. The van der Waals surface area contributed by atoms with E-state index in [4.69, 9.17) is 9.84 Å². The maximum atomic E-state index is 11.9. The van der Waals surface area contributed by atoms with Crippen LogP contribution in [-0.2, 0) is 4.79 Å². The number of hydrogen-bond acceptors (Lipinski definition) is 4. The molecule has 0 spiro atoms. The summed E-state index contributed by atoms with van der Waals surface area (Å²) in [5, 5.41) is 11.9. The van der Waals surface area contributed by atoms with E-state index in [1.54, 1.807) is 19.9 Å². The smallest absolute Gasteiger partial charge is 0.349 e. The number of carboxylic acid groups (broad SMARTS) is 1. The molecule has 112 valence electrons. The van der Waals surface area contributed by atoms with Crippen molar-refractivity contribution in [3.63, 3.8) is 0 Å². The number of aryl methyl sites for hydroxylation is 1. The van der Waals surface area contributed by atoms with Gasteiger partial charge in [-0.2, -0.15) is 0 Å². The van der Waals surface area contributed by atoms with Crippen molar-refractivity contribution in [2.75, 3.05) is 0 Å². The number of thiophene rings is 1. The van der Waals surface area contributed by atoms with Gasteiger partial charge in [0.05, 0.1) is 0 Å². The normalized spacial score (nSPS) is 13.6. The maximum absolute atomic E-state index is 11.9. The number of carboxylic acids is 1. The Labute approximate surface area is 123 Å². The summed E-state index contributed by atoms with van der Waals surface area (Å²) in [5.74, 6) is -1.01.